The standard InChI is InChI=1S/C28H31ClN2O3S/c1-3-15-30(19-20-7-5-4-6-8-20)16-17-31-24-14-11-22(29)18-25(24)35-27(26(32)28(31)33)21-9-12-23(34-2)13-10-21/h4-14,18,26-27,32H,3,15-17,19H2,1-2H3/t26-,27+/m0/s1. The fourth-order valence-electron chi connectivity index (χ4n) is 4.36. The number of anilines is 1. The zero-order valence-corrected chi connectivity index (χ0v) is 21.6. The van der Waals surface area contributed by atoms with E-state index in [1.807, 2.05) is 54.6 Å². The molecule has 7 heteroatoms. The smallest absolute Gasteiger partial charge is 0.257 e. The molecule has 1 heterocycles. The summed E-state index contributed by atoms with van der Waals surface area (Å²) in [7, 11) is 1.61. The van der Waals surface area contributed by atoms with Crippen molar-refractivity contribution in [3.8, 4) is 5.75 Å². The van der Waals surface area contributed by atoms with E-state index in [1.54, 1.807) is 18.1 Å². The number of benzene rings is 3. The average molecular weight is 511 g/mol. The van der Waals surface area contributed by atoms with E-state index in [0.717, 1.165) is 41.4 Å². The summed E-state index contributed by atoms with van der Waals surface area (Å²) in [5.41, 5.74) is 2.89. The molecule has 0 bridgehead atoms. The summed E-state index contributed by atoms with van der Waals surface area (Å²) in [6.07, 6.45) is -0.168. The number of rotatable bonds is 9. The maximum Gasteiger partial charge on any atom is 0.257 e. The molecule has 0 fully saturated rings. The van der Waals surface area contributed by atoms with Crippen molar-refractivity contribution in [1.82, 2.24) is 4.90 Å². The molecule has 2 atom stereocenters. The van der Waals surface area contributed by atoms with Crippen LogP contribution in [0.1, 0.15) is 29.7 Å². The van der Waals surface area contributed by atoms with Crippen molar-refractivity contribution in [2.24, 2.45) is 0 Å². The number of nitrogens with zero attached hydrogens (tertiary/aromatic N) is 2. The first-order chi connectivity index (χ1) is 17.0. The monoisotopic (exact) mass is 510 g/mol. The predicted molar refractivity (Wildman–Crippen MR) is 143 cm³/mol. The molecule has 0 saturated heterocycles. The molecule has 0 aromatic heterocycles. The number of amides is 1. The van der Waals surface area contributed by atoms with Crippen LogP contribution >= 0.6 is 23.4 Å². The van der Waals surface area contributed by atoms with E-state index in [2.05, 4.69) is 24.0 Å². The summed E-state index contributed by atoms with van der Waals surface area (Å²) in [4.78, 5) is 18.6. The lowest BCUT2D eigenvalue weighted by Gasteiger charge is -2.29. The molecule has 35 heavy (non-hydrogen) atoms. The van der Waals surface area contributed by atoms with E-state index in [1.165, 1.54) is 17.3 Å². The largest absolute Gasteiger partial charge is 0.497 e. The van der Waals surface area contributed by atoms with Crippen LogP contribution in [0.15, 0.2) is 77.7 Å². The maximum atomic E-state index is 13.6. The van der Waals surface area contributed by atoms with E-state index < -0.39 is 11.4 Å². The van der Waals surface area contributed by atoms with Gasteiger partial charge in [0.25, 0.3) is 5.91 Å². The number of carbonyl (C=O) groups excluding carboxylic acids is 1. The molecule has 0 saturated carbocycles. The van der Waals surface area contributed by atoms with Gasteiger partial charge in [0.05, 0.1) is 18.0 Å². The minimum atomic E-state index is -1.19. The molecule has 5 nitrogen and oxygen atoms in total. The van der Waals surface area contributed by atoms with Crippen molar-refractivity contribution in [2.45, 2.75) is 36.1 Å². The van der Waals surface area contributed by atoms with Crippen LogP contribution in [0.3, 0.4) is 0 Å². The summed E-state index contributed by atoms with van der Waals surface area (Å²) in [5, 5.41) is 11.4. The highest BCUT2D eigenvalue weighted by atomic mass is 35.5. The van der Waals surface area contributed by atoms with E-state index in [9.17, 15) is 9.90 Å². The number of aliphatic hydroxyl groups excluding tert-OH is 1. The third kappa shape index (κ3) is 6.19. The van der Waals surface area contributed by atoms with Gasteiger partial charge < -0.3 is 14.7 Å². The Kier molecular flexibility index (Phi) is 8.74. The number of aliphatic hydroxyl groups is 1. The first-order valence-electron chi connectivity index (χ1n) is 11.9. The quantitative estimate of drug-likeness (QED) is 0.394. The Hall–Kier alpha value is -2.51. The third-order valence-electron chi connectivity index (χ3n) is 6.15. The highest BCUT2D eigenvalue weighted by Crippen LogP contribution is 2.46. The van der Waals surface area contributed by atoms with E-state index in [0.29, 0.717) is 18.1 Å². The predicted octanol–water partition coefficient (Wildman–Crippen LogP) is 5.80. The van der Waals surface area contributed by atoms with Crippen molar-refractivity contribution in [1.29, 1.82) is 0 Å². The second-order valence-corrected chi connectivity index (χ2v) is 10.2. The molecule has 1 aliphatic rings. The Bertz CT molecular complexity index is 1130. The number of halogens is 1. The van der Waals surface area contributed by atoms with Gasteiger partial charge >= 0.3 is 0 Å². The van der Waals surface area contributed by atoms with Gasteiger partial charge in [0.2, 0.25) is 0 Å². The lowest BCUT2D eigenvalue weighted by Crippen LogP contribution is -2.44. The summed E-state index contributed by atoms with van der Waals surface area (Å²) in [6, 6.07) is 23.4. The highest BCUT2D eigenvalue weighted by molar-refractivity contribution is 7.99. The van der Waals surface area contributed by atoms with Gasteiger partial charge in [-0.2, -0.15) is 0 Å². The molecule has 1 N–H and O–H groups in total. The Labute approximate surface area is 216 Å². The third-order valence-corrected chi connectivity index (χ3v) is 7.75. The number of carbonyl (C=O) groups is 1. The molecule has 1 aliphatic heterocycles. The Morgan fingerprint density at radius 2 is 1.80 bits per heavy atom. The number of fused-ring (bicyclic) bond motifs is 1. The van der Waals surface area contributed by atoms with Gasteiger partial charge in [-0.15, -0.1) is 11.8 Å². The topological polar surface area (TPSA) is 53.0 Å². The van der Waals surface area contributed by atoms with Gasteiger partial charge in [0.15, 0.2) is 0 Å². The Morgan fingerprint density at radius 1 is 1.06 bits per heavy atom. The van der Waals surface area contributed by atoms with Crippen LogP contribution in [0.4, 0.5) is 5.69 Å². The molecule has 4 rings (SSSR count). The minimum absolute atomic E-state index is 0.296. The lowest BCUT2D eigenvalue weighted by atomic mass is 10.1. The molecular weight excluding hydrogens is 480 g/mol. The molecule has 0 spiro atoms. The van der Waals surface area contributed by atoms with Crippen LogP contribution in [0.25, 0.3) is 0 Å². The highest BCUT2D eigenvalue weighted by Gasteiger charge is 2.37. The lowest BCUT2D eigenvalue weighted by molar-refractivity contribution is -0.126. The summed E-state index contributed by atoms with van der Waals surface area (Å²) >= 11 is 7.81. The number of thioether (sulfide) groups is 1. The summed E-state index contributed by atoms with van der Waals surface area (Å²) < 4.78 is 5.27. The van der Waals surface area contributed by atoms with Crippen LogP contribution in [0, 0.1) is 0 Å². The summed E-state index contributed by atoms with van der Waals surface area (Å²) in [5.74, 6) is 0.434. The van der Waals surface area contributed by atoms with Gasteiger partial charge in [0.1, 0.15) is 11.9 Å². The van der Waals surface area contributed by atoms with Gasteiger partial charge in [-0.05, 0) is 54.4 Å². The molecule has 0 unspecified atom stereocenters. The second-order valence-electron chi connectivity index (χ2n) is 8.62. The fraction of sp³-hybridized carbons (Fsp3) is 0.321. The van der Waals surface area contributed by atoms with Gasteiger partial charge in [-0.3, -0.25) is 9.69 Å². The molecule has 184 valence electrons. The SMILES string of the molecule is CCCN(CCN1C(=O)[C@@H](O)[C@@H](c2ccc(OC)cc2)Sc2cc(Cl)ccc21)Cc1ccccc1. The Morgan fingerprint density at radius 3 is 2.49 bits per heavy atom. The number of ether oxygens (including phenoxy) is 1. The van der Waals surface area contributed by atoms with Crippen molar-refractivity contribution in [2.75, 3.05) is 31.6 Å². The average Bonchev–Trinajstić information content (AvgIpc) is 2.97. The van der Waals surface area contributed by atoms with Gasteiger partial charge in [-0.1, -0.05) is 61.0 Å². The Balaban J connectivity index is 1.60. The zero-order chi connectivity index (χ0) is 24.8. The van der Waals surface area contributed by atoms with E-state index in [4.69, 9.17) is 16.3 Å². The van der Waals surface area contributed by atoms with Crippen molar-refractivity contribution in [3.63, 3.8) is 0 Å². The van der Waals surface area contributed by atoms with Crippen LogP contribution in [0.2, 0.25) is 5.02 Å². The van der Waals surface area contributed by atoms with Gasteiger partial charge in [0, 0.05) is 29.6 Å². The molecule has 1 amide bonds. The summed E-state index contributed by atoms with van der Waals surface area (Å²) in [6.45, 7) is 5.08. The van der Waals surface area contributed by atoms with Crippen LogP contribution in [-0.4, -0.2) is 48.8 Å². The maximum absolute atomic E-state index is 13.6. The van der Waals surface area contributed by atoms with Crippen LogP contribution < -0.4 is 9.64 Å². The van der Waals surface area contributed by atoms with Crippen LogP contribution in [-0.2, 0) is 11.3 Å². The van der Waals surface area contributed by atoms with Crippen molar-refractivity contribution in [3.05, 3.63) is 88.9 Å². The van der Waals surface area contributed by atoms with Crippen molar-refractivity contribution < 1.29 is 14.6 Å². The molecule has 3 aromatic rings. The molecule has 0 aliphatic carbocycles. The number of hydrogen-bond donors (Lipinski definition) is 1. The van der Waals surface area contributed by atoms with Crippen LogP contribution in [0.5, 0.6) is 5.75 Å². The molecular formula is C28H31ClN2O3S. The number of hydrogen-bond acceptors (Lipinski definition) is 5. The number of methoxy groups -OCH3 is 1. The fourth-order valence-corrected chi connectivity index (χ4v) is 5.90. The second kappa shape index (κ2) is 12.0. The minimum Gasteiger partial charge on any atom is -0.497 e. The van der Waals surface area contributed by atoms with Gasteiger partial charge in [-0.25, -0.2) is 0 Å². The van der Waals surface area contributed by atoms with E-state index >= 15 is 0 Å². The molecule has 3 aromatic carbocycles. The first kappa shape index (κ1) is 25.6. The zero-order valence-electron chi connectivity index (χ0n) is 20.1. The molecule has 0 radical (unpaired) electrons. The van der Waals surface area contributed by atoms with E-state index in [-0.39, 0.29) is 5.91 Å². The first-order valence-corrected chi connectivity index (χ1v) is 13.1. The normalized spacial score (nSPS) is 17.9. The van der Waals surface area contributed by atoms with Crippen molar-refractivity contribution >= 4 is 35.0 Å².